The fraction of sp³-hybridized carbons (Fsp3) is 0.458. The van der Waals surface area contributed by atoms with Gasteiger partial charge in [0, 0.05) is 54.5 Å². The molecule has 1 amide bonds. The van der Waals surface area contributed by atoms with E-state index in [9.17, 15) is 24.6 Å². The first kappa shape index (κ1) is 23.0. The summed E-state index contributed by atoms with van der Waals surface area (Å²) >= 11 is 0. The lowest BCUT2D eigenvalue weighted by atomic mass is 9.82. The van der Waals surface area contributed by atoms with Gasteiger partial charge < -0.3 is 25.4 Å². The van der Waals surface area contributed by atoms with Gasteiger partial charge >= 0.3 is 11.9 Å². The van der Waals surface area contributed by atoms with Crippen molar-refractivity contribution < 1.29 is 24.6 Å². The lowest BCUT2D eigenvalue weighted by Crippen LogP contribution is -2.49. The van der Waals surface area contributed by atoms with E-state index in [-0.39, 0.29) is 5.91 Å². The van der Waals surface area contributed by atoms with Gasteiger partial charge in [0.15, 0.2) is 0 Å². The molecule has 4 rings (SSSR count). The summed E-state index contributed by atoms with van der Waals surface area (Å²) in [5, 5.41) is 23.1. The molecule has 0 bridgehead atoms. The average molecular weight is 455 g/mol. The molecule has 0 saturated carbocycles. The van der Waals surface area contributed by atoms with Crippen molar-refractivity contribution >= 4 is 34.4 Å². The molecule has 4 N–H and O–H groups in total. The number of nitrogens with zero attached hydrogens (tertiary/aromatic N) is 2. The summed E-state index contributed by atoms with van der Waals surface area (Å²) < 4.78 is 0. The van der Waals surface area contributed by atoms with Crippen molar-refractivity contribution in [1.82, 2.24) is 14.8 Å². The number of hydrogen-bond acceptors (Lipinski definition) is 5. The summed E-state index contributed by atoms with van der Waals surface area (Å²) in [7, 11) is 0. The number of rotatable bonds is 7. The number of piperazine rings is 1. The first-order valence-electron chi connectivity index (χ1n) is 11.4. The molecular weight excluding hydrogens is 424 g/mol. The molecule has 9 nitrogen and oxygen atoms in total. The molecule has 1 aromatic carbocycles. The van der Waals surface area contributed by atoms with Crippen molar-refractivity contribution in [3.63, 3.8) is 0 Å². The Balaban J connectivity index is 1.58. The Labute approximate surface area is 192 Å². The monoisotopic (exact) mass is 454 g/mol. The van der Waals surface area contributed by atoms with Gasteiger partial charge in [-0.25, -0.2) is 0 Å². The van der Waals surface area contributed by atoms with E-state index in [1.54, 1.807) is 30.5 Å². The number of fused-ring (bicyclic) bond motifs is 1. The number of carbonyl (C=O) groups is 3. The molecule has 176 valence electrons. The maximum Gasteiger partial charge on any atom is 0.325 e. The van der Waals surface area contributed by atoms with Crippen LogP contribution in [0.1, 0.15) is 31.4 Å². The van der Waals surface area contributed by atoms with Crippen LogP contribution in [0.3, 0.4) is 0 Å². The lowest BCUT2D eigenvalue weighted by Gasteiger charge is -2.37. The van der Waals surface area contributed by atoms with Crippen LogP contribution in [0.4, 0.5) is 5.69 Å². The maximum absolute atomic E-state index is 12.9. The van der Waals surface area contributed by atoms with Crippen LogP contribution >= 0.6 is 0 Å². The van der Waals surface area contributed by atoms with Gasteiger partial charge in [0.1, 0.15) is 6.04 Å². The summed E-state index contributed by atoms with van der Waals surface area (Å²) in [6.45, 7) is 6.03. The number of allylic oxidation sites excluding steroid dienone is 2. The maximum atomic E-state index is 12.9. The number of aliphatic carboxylic acids is 2. The quantitative estimate of drug-likeness (QED) is 0.474. The number of likely N-dealkylation sites (N-methyl/N-ethyl adjacent to an activating group) is 1. The van der Waals surface area contributed by atoms with Gasteiger partial charge in [-0.3, -0.25) is 19.3 Å². The van der Waals surface area contributed by atoms with E-state index in [0.717, 1.165) is 30.5 Å². The number of anilines is 1. The minimum absolute atomic E-state index is 0.333. The molecule has 33 heavy (non-hydrogen) atoms. The molecule has 1 fully saturated rings. The molecule has 0 unspecified atom stereocenters. The number of nitrogens with one attached hydrogen (secondary N) is 2. The summed E-state index contributed by atoms with van der Waals surface area (Å²) in [4.78, 5) is 44.1. The van der Waals surface area contributed by atoms with Gasteiger partial charge in [-0.1, -0.05) is 19.1 Å². The van der Waals surface area contributed by atoms with Crippen LogP contribution in [0.2, 0.25) is 0 Å². The van der Waals surface area contributed by atoms with Gasteiger partial charge in [0.25, 0.3) is 0 Å². The normalized spacial score (nSPS) is 22.8. The van der Waals surface area contributed by atoms with E-state index in [4.69, 9.17) is 0 Å². The van der Waals surface area contributed by atoms with Crippen molar-refractivity contribution in [2.24, 2.45) is 11.8 Å². The highest BCUT2D eigenvalue weighted by atomic mass is 16.4. The van der Waals surface area contributed by atoms with Gasteiger partial charge in [0.05, 0.1) is 11.8 Å². The smallest absolute Gasteiger partial charge is 0.325 e. The Morgan fingerprint density at radius 3 is 2.42 bits per heavy atom. The minimum Gasteiger partial charge on any atom is -0.481 e. The second-order valence-corrected chi connectivity index (χ2v) is 8.70. The Morgan fingerprint density at radius 2 is 1.79 bits per heavy atom. The fourth-order valence-electron chi connectivity index (χ4n) is 4.88. The Bertz CT molecular complexity index is 1070. The van der Waals surface area contributed by atoms with E-state index in [1.165, 1.54) is 0 Å². The number of carboxylic acid groups (broad SMARTS) is 2. The Morgan fingerprint density at radius 1 is 1.09 bits per heavy atom. The lowest BCUT2D eigenvalue weighted by molar-refractivity contribution is -0.146. The average Bonchev–Trinajstić information content (AvgIpc) is 3.22. The van der Waals surface area contributed by atoms with Crippen LogP contribution in [-0.2, 0) is 14.4 Å². The van der Waals surface area contributed by atoms with Gasteiger partial charge in [-0.2, -0.15) is 0 Å². The van der Waals surface area contributed by atoms with Crippen molar-refractivity contribution in [2.45, 2.75) is 25.8 Å². The standard InChI is InChI=1S/C24H30N4O5/c1-2-27-9-11-28(12-10-27)21(24(32)33)19-14-25-20-8-7-15(13-18(19)20)26-22(29)16-5-3-4-6-17(16)23(30)31/h3-4,7-8,13-14,16-17,21,25H,2,5-6,9-12H2,1H3,(H,26,29)(H,30,31)(H,32,33)/t16-,17+,21-/m1/s1. The zero-order chi connectivity index (χ0) is 23.5. The van der Waals surface area contributed by atoms with Gasteiger partial charge in [0.2, 0.25) is 5.91 Å². The molecule has 9 heteroatoms. The highest BCUT2D eigenvalue weighted by Gasteiger charge is 2.34. The molecule has 1 aliphatic carbocycles. The molecule has 0 radical (unpaired) electrons. The molecule has 3 atom stereocenters. The topological polar surface area (TPSA) is 126 Å². The first-order valence-corrected chi connectivity index (χ1v) is 11.4. The van der Waals surface area contributed by atoms with Crippen LogP contribution < -0.4 is 5.32 Å². The van der Waals surface area contributed by atoms with Crippen LogP contribution in [0.25, 0.3) is 10.9 Å². The van der Waals surface area contributed by atoms with Gasteiger partial charge in [-0.05, 0) is 37.6 Å². The zero-order valence-electron chi connectivity index (χ0n) is 18.7. The predicted molar refractivity (Wildman–Crippen MR) is 124 cm³/mol. The number of carbonyl (C=O) groups excluding carboxylic acids is 1. The second kappa shape index (κ2) is 9.76. The van der Waals surface area contributed by atoms with Crippen LogP contribution in [0.5, 0.6) is 0 Å². The molecule has 0 spiro atoms. The minimum atomic E-state index is -0.977. The predicted octanol–water partition coefficient (Wildman–Crippen LogP) is 2.54. The molecule has 2 aromatic rings. The van der Waals surface area contributed by atoms with E-state index in [2.05, 4.69) is 22.1 Å². The Kier molecular flexibility index (Phi) is 6.80. The van der Waals surface area contributed by atoms with Crippen LogP contribution in [0.15, 0.2) is 36.5 Å². The molecule has 2 aliphatic rings. The number of H-pyrrole nitrogens is 1. The Hall–Kier alpha value is -3.17. The summed E-state index contributed by atoms with van der Waals surface area (Å²) in [5.74, 6) is -3.62. The third kappa shape index (κ3) is 4.79. The molecule has 1 aliphatic heterocycles. The number of benzene rings is 1. The molecule has 1 aromatic heterocycles. The number of amides is 1. The van der Waals surface area contributed by atoms with Crippen molar-refractivity contribution in [3.05, 3.63) is 42.1 Å². The number of aromatic nitrogens is 1. The summed E-state index contributed by atoms with van der Waals surface area (Å²) in [5.41, 5.74) is 1.96. The molecule has 2 heterocycles. The van der Waals surface area contributed by atoms with Crippen molar-refractivity contribution in [2.75, 3.05) is 38.0 Å². The number of hydrogen-bond donors (Lipinski definition) is 4. The SMILES string of the molecule is CCN1CCN([C@@H](C(=O)O)c2c[nH]c3ccc(NC(=O)[C@@H]4CC=CC[C@@H]4C(=O)O)cc23)CC1. The highest BCUT2D eigenvalue weighted by molar-refractivity contribution is 5.98. The fourth-order valence-corrected chi connectivity index (χ4v) is 4.88. The summed E-state index contributed by atoms with van der Waals surface area (Å²) in [6, 6.07) is 4.53. The largest absolute Gasteiger partial charge is 0.481 e. The zero-order valence-corrected chi connectivity index (χ0v) is 18.7. The third-order valence-electron chi connectivity index (χ3n) is 6.82. The van der Waals surface area contributed by atoms with Gasteiger partial charge in [-0.15, -0.1) is 0 Å². The molecule has 1 saturated heterocycles. The van der Waals surface area contributed by atoms with E-state index in [0.29, 0.717) is 37.2 Å². The van der Waals surface area contributed by atoms with Crippen molar-refractivity contribution in [3.8, 4) is 0 Å². The van der Waals surface area contributed by atoms with E-state index >= 15 is 0 Å². The number of carboxylic acids is 2. The third-order valence-corrected chi connectivity index (χ3v) is 6.82. The summed E-state index contributed by atoms with van der Waals surface area (Å²) in [6.07, 6.45) is 6.08. The van der Waals surface area contributed by atoms with E-state index in [1.807, 2.05) is 11.0 Å². The highest BCUT2D eigenvalue weighted by Crippen LogP contribution is 2.32. The van der Waals surface area contributed by atoms with Crippen LogP contribution in [0, 0.1) is 11.8 Å². The van der Waals surface area contributed by atoms with Crippen molar-refractivity contribution in [1.29, 1.82) is 0 Å². The van der Waals surface area contributed by atoms with Crippen LogP contribution in [-0.4, -0.2) is 75.6 Å². The molecular formula is C24H30N4O5. The first-order chi connectivity index (χ1) is 15.9. The number of aromatic amines is 1. The second-order valence-electron chi connectivity index (χ2n) is 8.70. The van der Waals surface area contributed by atoms with E-state index < -0.39 is 29.8 Å².